The van der Waals surface area contributed by atoms with Gasteiger partial charge in [-0.3, -0.25) is 4.79 Å². The monoisotopic (exact) mass is 342 g/mol. The van der Waals surface area contributed by atoms with Gasteiger partial charge in [-0.05, 0) is 36.4 Å². The fraction of sp³-hybridized carbons (Fsp3) is 0.111. The molecule has 1 aliphatic heterocycles. The zero-order valence-corrected chi connectivity index (χ0v) is 12.9. The van der Waals surface area contributed by atoms with Crippen LogP contribution in [-0.2, 0) is 4.79 Å². The summed E-state index contributed by atoms with van der Waals surface area (Å²) >= 11 is 0. The third-order valence-electron chi connectivity index (χ3n) is 3.42. The van der Waals surface area contributed by atoms with Crippen molar-refractivity contribution in [1.82, 2.24) is 0 Å². The third-order valence-corrected chi connectivity index (χ3v) is 3.42. The quantitative estimate of drug-likeness (QED) is 0.686. The van der Waals surface area contributed by atoms with E-state index >= 15 is 0 Å². The lowest BCUT2D eigenvalue weighted by Crippen LogP contribution is -2.17. The molecule has 1 aliphatic rings. The van der Waals surface area contributed by atoms with Crippen LogP contribution in [0.5, 0.6) is 11.5 Å². The molecule has 0 fully saturated rings. The number of halogens is 2. The minimum Gasteiger partial charge on any atom is -0.486 e. The first-order valence-electron chi connectivity index (χ1n) is 7.34. The number of rotatable bonds is 3. The van der Waals surface area contributed by atoms with Gasteiger partial charge in [-0.25, -0.2) is 8.78 Å². The third kappa shape index (κ3) is 3.75. The molecule has 0 bridgehead atoms. The molecule has 0 unspecified atom stereocenters. The first-order chi connectivity index (χ1) is 12.1. The maximum atomic E-state index is 13.7. The number of carbonyl (C=O) groups excluding carboxylic acids is 1. The van der Waals surface area contributed by atoms with E-state index in [-0.39, 0.29) is 11.1 Å². The van der Waals surface area contributed by atoms with Crippen LogP contribution in [0.25, 0.3) is 6.08 Å². The molecule has 0 spiro atoms. The summed E-state index contributed by atoms with van der Waals surface area (Å²) in [6, 6.07) is 9.25. The Balaban J connectivity index is 1.82. The van der Waals surface area contributed by atoms with E-state index in [0.717, 1.165) is 24.3 Å². The molecular formula is C18H12F2N2O3. The summed E-state index contributed by atoms with van der Waals surface area (Å²) in [7, 11) is 0. The topological polar surface area (TPSA) is 71.4 Å². The average molecular weight is 342 g/mol. The van der Waals surface area contributed by atoms with Crippen molar-refractivity contribution in [2.75, 3.05) is 18.5 Å². The number of fused-ring (bicyclic) bond motifs is 1. The number of ether oxygens (including phenoxy) is 2. The predicted molar refractivity (Wildman–Crippen MR) is 86.0 cm³/mol. The fourth-order valence-corrected chi connectivity index (χ4v) is 2.25. The second kappa shape index (κ2) is 7.01. The number of hydrogen-bond donors (Lipinski definition) is 1. The number of nitrogens with one attached hydrogen (secondary N) is 1. The van der Waals surface area contributed by atoms with Gasteiger partial charge in [0.2, 0.25) is 0 Å². The molecule has 2 aromatic rings. The molecule has 0 atom stereocenters. The van der Waals surface area contributed by atoms with Crippen LogP contribution in [0.4, 0.5) is 14.5 Å². The summed E-state index contributed by atoms with van der Waals surface area (Å²) in [6.07, 6.45) is 0.992. The largest absolute Gasteiger partial charge is 0.486 e. The second-order valence-electron chi connectivity index (χ2n) is 5.15. The molecule has 0 saturated heterocycles. The molecule has 0 aromatic heterocycles. The van der Waals surface area contributed by atoms with Gasteiger partial charge in [0.25, 0.3) is 5.91 Å². The van der Waals surface area contributed by atoms with Crippen molar-refractivity contribution >= 4 is 17.7 Å². The van der Waals surface area contributed by atoms with Crippen LogP contribution in [0.3, 0.4) is 0 Å². The standard InChI is InChI=1S/C18H12F2N2O3/c19-13-1-3-15(20)11(8-13)7-12(10-21)18(23)22-14-2-4-16-17(9-14)25-6-5-24-16/h1-4,7-9H,5-6H2,(H,22,23). The molecular weight excluding hydrogens is 330 g/mol. The van der Waals surface area contributed by atoms with E-state index in [1.54, 1.807) is 24.3 Å². The Hall–Kier alpha value is -3.40. The van der Waals surface area contributed by atoms with E-state index in [1.165, 1.54) is 0 Å². The van der Waals surface area contributed by atoms with Gasteiger partial charge in [0.1, 0.15) is 36.5 Å². The van der Waals surface area contributed by atoms with E-state index in [9.17, 15) is 13.6 Å². The summed E-state index contributed by atoms with van der Waals surface area (Å²) < 4.78 is 37.7. The molecule has 0 aliphatic carbocycles. The number of benzene rings is 2. The summed E-state index contributed by atoms with van der Waals surface area (Å²) in [5.41, 5.74) is -0.164. The lowest BCUT2D eigenvalue weighted by atomic mass is 10.1. The minimum absolute atomic E-state index is 0.186. The number of nitrogens with zero attached hydrogens (tertiary/aromatic N) is 1. The van der Waals surface area contributed by atoms with Gasteiger partial charge < -0.3 is 14.8 Å². The van der Waals surface area contributed by atoms with Crippen LogP contribution in [0.1, 0.15) is 5.56 Å². The lowest BCUT2D eigenvalue weighted by Gasteiger charge is -2.18. The fourth-order valence-electron chi connectivity index (χ4n) is 2.25. The highest BCUT2D eigenvalue weighted by Gasteiger charge is 2.15. The van der Waals surface area contributed by atoms with Crippen LogP contribution in [0.2, 0.25) is 0 Å². The Bertz CT molecular complexity index is 904. The van der Waals surface area contributed by atoms with Gasteiger partial charge in [-0.15, -0.1) is 0 Å². The van der Waals surface area contributed by atoms with Crippen molar-refractivity contribution in [1.29, 1.82) is 5.26 Å². The van der Waals surface area contributed by atoms with E-state index in [0.29, 0.717) is 30.4 Å². The summed E-state index contributed by atoms with van der Waals surface area (Å²) in [4.78, 5) is 12.2. The zero-order valence-electron chi connectivity index (χ0n) is 12.9. The maximum Gasteiger partial charge on any atom is 0.266 e. The average Bonchev–Trinajstić information content (AvgIpc) is 2.62. The van der Waals surface area contributed by atoms with Gasteiger partial charge in [-0.1, -0.05) is 0 Å². The zero-order chi connectivity index (χ0) is 17.8. The molecule has 0 radical (unpaired) electrons. The number of amides is 1. The first kappa shape index (κ1) is 16.5. The molecule has 25 heavy (non-hydrogen) atoms. The summed E-state index contributed by atoms with van der Waals surface area (Å²) in [6.45, 7) is 0.839. The van der Waals surface area contributed by atoms with Crippen molar-refractivity contribution in [2.45, 2.75) is 0 Å². The smallest absolute Gasteiger partial charge is 0.266 e. The van der Waals surface area contributed by atoms with Gasteiger partial charge in [0, 0.05) is 17.3 Å². The number of carbonyl (C=O) groups is 1. The van der Waals surface area contributed by atoms with Crippen LogP contribution in [0, 0.1) is 23.0 Å². The number of nitriles is 1. The molecule has 3 rings (SSSR count). The summed E-state index contributed by atoms with van der Waals surface area (Å²) in [5, 5.41) is 11.7. The second-order valence-corrected chi connectivity index (χ2v) is 5.15. The maximum absolute atomic E-state index is 13.7. The predicted octanol–water partition coefficient (Wildman–Crippen LogP) is 3.28. The highest BCUT2D eigenvalue weighted by atomic mass is 19.1. The molecule has 0 saturated carbocycles. The first-order valence-corrected chi connectivity index (χ1v) is 7.34. The Kier molecular flexibility index (Phi) is 4.61. The Morgan fingerprint density at radius 2 is 1.88 bits per heavy atom. The Labute approximate surface area is 142 Å². The van der Waals surface area contributed by atoms with Gasteiger partial charge in [0.15, 0.2) is 11.5 Å². The molecule has 126 valence electrons. The number of hydrogen-bond acceptors (Lipinski definition) is 4. The van der Waals surface area contributed by atoms with Crippen molar-refractivity contribution < 1.29 is 23.0 Å². The van der Waals surface area contributed by atoms with Crippen LogP contribution < -0.4 is 14.8 Å². The lowest BCUT2D eigenvalue weighted by molar-refractivity contribution is -0.112. The molecule has 1 amide bonds. The molecule has 5 nitrogen and oxygen atoms in total. The van der Waals surface area contributed by atoms with Gasteiger partial charge in [-0.2, -0.15) is 5.26 Å². The summed E-state index contributed by atoms with van der Waals surface area (Å²) in [5.74, 6) is -1.12. The molecule has 7 heteroatoms. The van der Waals surface area contributed by atoms with E-state index < -0.39 is 17.5 Å². The highest BCUT2D eigenvalue weighted by Crippen LogP contribution is 2.32. The van der Waals surface area contributed by atoms with Gasteiger partial charge >= 0.3 is 0 Å². The Morgan fingerprint density at radius 1 is 1.12 bits per heavy atom. The Morgan fingerprint density at radius 3 is 2.64 bits per heavy atom. The molecule has 1 N–H and O–H groups in total. The van der Waals surface area contributed by atoms with E-state index in [2.05, 4.69) is 5.32 Å². The van der Waals surface area contributed by atoms with Crippen molar-refractivity contribution in [3.05, 3.63) is 59.2 Å². The molecule has 2 aromatic carbocycles. The van der Waals surface area contributed by atoms with Crippen LogP contribution in [0.15, 0.2) is 42.0 Å². The van der Waals surface area contributed by atoms with E-state index in [1.807, 2.05) is 0 Å². The van der Waals surface area contributed by atoms with E-state index in [4.69, 9.17) is 14.7 Å². The van der Waals surface area contributed by atoms with Crippen molar-refractivity contribution in [3.8, 4) is 17.6 Å². The number of anilines is 1. The van der Waals surface area contributed by atoms with Crippen LogP contribution in [-0.4, -0.2) is 19.1 Å². The highest BCUT2D eigenvalue weighted by molar-refractivity contribution is 6.09. The van der Waals surface area contributed by atoms with Crippen molar-refractivity contribution in [2.24, 2.45) is 0 Å². The molecule has 1 heterocycles. The SMILES string of the molecule is N#CC(=Cc1cc(F)ccc1F)C(=O)Nc1ccc2c(c1)OCCO2. The van der Waals surface area contributed by atoms with Crippen molar-refractivity contribution in [3.63, 3.8) is 0 Å². The minimum atomic E-state index is -0.747. The normalized spacial score (nSPS) is 13.1. The van der Waals surface area contributed by atoms with Crippen LogP contribution >= 0.6 is 0 Å². The van der Waals surface area contributed by atoms with Gasteiger partial charge in [0.05, 0.1) is 0 Å².